The Balaban J connectivity index is 1.84. The Morgan fingerprint density at radius 1 is 1.21 bits per heavy atom. The summed E-state index contributed by atoms with van der Waals surface area (Å²) >= 11 is 1.35. The van der Waals surface area contributed by atoms with E-state index in [4.69, 9.17) is 5.84 Å². The molecule has 1 aromatic rings. The molecule has 0 atom stereocenters. The van der Waals surface area contributed by atoms with Gasteiger partial charge in [-0.15, -0.1) is 10.2 Å². The zero-order chi connectivity index (χ0) is 13.7. The molecule has 0 bridgehead atoms. The average Bonchev–Trinajstić information content (AvgIpc) is 2.67. The summed E-state index contributed by atoms with van der Waals surface area (Å²) < 4.78 is 1.42. The van der Waals surface area contributed by atoms with Gasteiger partial charge in [0.15, 0.2) is 0 Å². The van der Waals surface area contributed by atoms with E-state index in [-0.39, 0.29) is 5.91 Å². The van der Waals surface area contributed by atoms with E-state index in [2.05, 4.69) is 10.2 Å². The maximum Gasteiger partial charge on any atom is 0.233 e. The van der Waals surface area contributed by atoms with Crippen LogP contribution in [0.5, 0.6) is 0 Å². The number of hydrogen-bond acceptors (Lipinski definition) is 5. The molecule has 1 aliphatic heterocycles. The molecule has 1 amide bonds. The standard InChI is InChI=1S/C12H21N5OS/c1-10-14-15-12(17(10)13)19-9-11(18)16-7-5-3-2-4-6-8-16/h2-9,13H2,1H3. The fourth-order valence-electron chi connectivity index (χ4n) is 2.16. The molecule has 2 N–H and O–H groups in total. The molecular weight excluding hydrogens is 262 g/mol. The van der Waals surface area contributed by atoms with Crippen molar-refractivity contribution in [1.82, 2.24) is 19.8 Å². The SMILES string of the molecule is Cc1nnc(SCC(=O)N2CCCCCCC2)n1N. The van der Waals surface area contributed by atoms with Crippen LogP contribution in [0.25, 0.3) is 0 Å². The highest BCUT2D eigenvalue weighted by Crippen LogP contribution is 2.16. The normalized spacial score (nSPS) is 17.0. The van der Waals surface area contributed by atoms with Gasteiger partial charge < -0.3 is 10.7 Å². The second kappa shape index (κ2) is 6.79. The van der Waals surface area contributed by atoms with Gasteiger partial charge >= 0.3 is 0 Å². The third kappa shape index (κ3) is 3.86. The first-order valence-corrected chi connectivity index (χ1v) is 7.74. The summed E-state index contributed by atoms with van der Waals surface area (Å²) in [5.41, 5.74) is 0. The summed E-state index contributed by atoms with van der Waals surface area (Å²) in [6, 6.07) is 0. The van der Waals surface area contributed by atoms with Gasteiger partial charge in [-0.05, 0) is 19.8 Å². The first-order chi connectivity index (χ1) is 9.18. The molecule has 19 heavy (non-hydrogen) atoms. The van der Waals surface area contributed by atoms with E-state index in [9.17, 15) is 4.79 Å². The van der Waals surface area contributed by atoms with Gasteiger partial charge in [-0.25, -0.2) is 4.68 Å². The highest BCUT2D eigenvalue weighted by Gasteiger charge is 2.16. The summed E-state index contributed by atoms with van der Waals surface area (Å²) in [6.07, 6.45) is 5.98. The van der Waals surface area contributed by atoms with Crippen molar-refractivity contribution in [3.8, 4) is 0 Å². The zero-order valence-corrected chi connectivity index (χ0v) is 12.2. The molecule has 6 nitrogen and oxygen atoms in total. The average molecular weight is 283 g/mol. The Kier molecular flexibility index (Phi) is 5.07. The van der Waals surface area contributed by atoms with Crippen LogP contribution in [0.15, 0.2) is 5.16 Å². The monoisotopic (exact) mass is 283 g/mol. The predicted molar refractivity (Wildman–Crippen MR) is 75.3 cm³/mol. The molecule has 0 unspecified atom stereocenters. The van der Waals surface area contributed by atoms with E-state index < -0.39 is 0 Å². The summed E-state index contributed by atoms with van der Waals surface area (Å²) in [6.45, 7) is 3.55. The number of aryl methyl sites for hydroxylation is 1. The van der Waals surface area contributed by atoms with Crippen LogP contribution < -0.4 is 5.84 Å². The molecule has 1 fully saturated rings. The van der Waals surface area contributed by atoms with Gasteiger partial charge in [0, 0.05) is 13.1 Å². The fraction of sp³-hybridized carbons (Fsp3) is 0.750. The largest absolute Gasteiger partial charge is 0.342 e. The maximum absolute atomic E-state index is 12.2. The number of likely N-dealkylation sites (tertiary alicyclic amines) is 1. The number of carbonyl (C=O) groups is 1. The van der Waals surface area contributed by atoms with E-state index in [1.807, 2.05) is 4.90 Å². The van der Waals surface area contributed by atoms with Crippen LogP contribution in [0.2, 0.25) is 0 Å². The van der Waals surface area contributed by atoms with E-state index in [1.54, 1.807) is 6.92 Å². The highest BCUT2D eigenvalue weighted by molar-refractivity contribution is 7.99. The number of carbonyl (C=O) groups excluding carboxylic acids is 1. The first-order valence-electron chi connectivity index (χ1n) is 6.76. The summed E-state index contributed by atoms with van der Waals surface area (Å²) in [4.78, 5) is 14.1. The second-order valence-corrected chi connectivity index (χ2v) is 5.78. The minimum absolute atomic E-state index is 0.174. The molecule has 0 saturated carbocycles. The van der Waals surface area contributed by atoms with Crippen LogP contribution in [-0.4, -0.2) is 44.5 Å². The lowest BCUT2D eigenvalue weighted by Crippen LogP contribution is -2.35. The highest BCUT2D eigenvalue weighted by atomic mass is 32.2. The quantitative estimate of drug-likeness (QED) is 0.666. The van der Waals surface area contributed by atoms with Crippen molar-refractivity contribution >= 4 is 17.7 Å². The van der Waals surface area contributed by atoms with Crippen molar-refractivity contribution in [2.75, 3.05) is 24.7 Å². The number of aromatic nitrogens is 3. The van der Waals surface area contributed by atoms with Crippen LogP contribution in [0.1, 0.15) is 37.9 Å². The van der Waals surface area contributed by atoms with Gasteiger partial charge in [-0.2, -0.15) is 0 Å². The Hall–Kier alpha value is -1.24. The Morgan fingerprint density at radius 2 is 1.84 bits per heavy atom. The number of nitrogens with zero attached hydrogens (tertiary/aromatic N) is 4. The predicted octanol–water partition coefficient (Wildman–Crippen LogP) is 1.19. The summed E-state index contributed by atoms with van der Waals surface area (Å²) in [5.74, 6) is 6.97. The summed E-state index contributed by atoms with van der Waals surface area (Å²) in [7, 11) is 0. The number of nitrogen functional groups attached to an aromatic ring is 1. The number of rotatable bonds is 3. The number of nitrogens with two attached hydrogens (primary N) is 1. The third-order valence-corrected chi connectivity index (χ3v) is 4.30. The van der Waals surface area contributed by atoms with Gasteiger partial charge in [0.05, 0.1) is 5.75 Å². The van der Waals surface area contributed by atoms with Gasteiger partial charge in [-0.3, -0.25) is 4.79 Å². The first kappa shape index (κ1) is 14.2. The smallest absolute Gasteiger partial charge is 0.233 e. The van der Waals surface area contributed by atoms with Crippen molar-refractivity contribution in [2.24, 2.45) is 0 Å². The molecule has 1 aromatic heterocycles. The minimum atomic E-state index is 0.174. The van der Waals surface area contributed by atoms with Gasteiger partial charge in [-0.1, -0.05) is 31.0 Å². The lowest BCUT2D eigenvalue weighted by atomic mass is 10.1. The molecule has 0 aromatic carbocycles. The number of hydrogen-bond donors (Lipinski definition) is 1. The molecule has 2 heterocycles. The van der Waals surface area contributed by atoms with E-state index >= 15 is 0 Å². The Morgan fingerprint density at radius 3 is 2.42 bits per heavy atom. The van der Waals surface area contributed by atoms with Crippen LogP contribution in [-0.2, 0) is 4.79 Å². The molecular formula is C12H21N5OS. The molecule has 0 radical (unpaired) electrons. The van der Waals surface area contributed by atoms with Crippen molar-refractivity contribution in [1.29, 1.82) is 0 Å². The van der Waals surface area contributed by atoms with Crippen LogP contribution in [0.4, 0.5) is 0 Å². The van der Waals surface area contributed by atoms with Crippen molar-refractivity contribution in [3.05, 3.63) is 5.82 Å². The molecule has 2 rings (SSSR count). The van der Waals surface area contributed by atoms with Gasteiger partial charge in [0.1, 0.15) is 5.82 Å². The molecule has 7 heteroatoms. The van der Waals surface area contributed by atoms with E-state index in [0.717, 1.165) is 25.9 Å². The Bertz CT molecular complexity index is 426. The number of amides is 1. The third-order valence-electron chi connectivity index (χ3n) is 3.37. The lowest BCUT2D eigenvalue weighted by molar-refractivity contribution is -0.128. The van der Waals surface area contributed by atoms with Crippen molar-refractivity contribution < 1.29 is 4.79 Å². The second-order valence-electron chi connectivity index (χ2n) is 4.84. The fourth-order valence-corrected chi connectivity index (χ4v) is 2.97. The van der Waals surface area contributed by atoms with Crippen molar-refractivity contribution in [3.63, 3.8) is 0 Å². The number of thioether (sulfide) groups is 1. The van der Waals surface area contributed by atoms with E-state index in [1.165, 1.54) is 35.7 Å². The van der Waals surface area contributed by atoms with Gasteiger partial charge in [0.2, 0.25) is 11.1 Å². The van der Waals surface area contributed by atoms with Gasteiger partial charge in [0.25, 0.3) is 0 Å². The topological polar surface area (TPSA) is 77.0 Å². The molecule has 1 aliphatic rings. The van der Waals surface area contributed by atoms with E-state index in [0.29, 0.717) is 16.7 Å². The van der Waals surface area contributed by atoms with Crippen LogP contribution in [0.3, 0.4) is 0 Å². The molecule has 0 aliphatic carbocycles. The molecule has 106 valence electrons. The van der Waals surface area contributed by atoms with Crippen molar-refractivity contribution in [2.45, 2.75) is 44.2 Å². The maximum atomic E-state index is 12.2. The van der Waals surface area contributed by atoms with Crippen LogP contribution in [0, 0.1) is 6.92 Å². The zero-order valence-electron chi connectivity index (χ0n) is 11.3. The van der Waals surface area contributed by atoms with Crippen LogP contribution >= 0.6 is 11.8 Å². The minimum Gasteiger partial charge on any atom is -0.342 e. The Labute approximate surface area is 117 Å². The molecule has 0 spiro atoms. The molecule has 1 saturated heterocycles. The summed E-state index contributed by atoms with van der Waals surface area (Å²) in [5, 5.41) is 8.42. The lowest BCUT2D eigenvalue weighted by Gasteiger charge is -2.24.